The zero-order valence-electron chi connectivity index (χ0n) is 77.1. The molecule has 0 aliphatic heterocycles. The van der Waals surface area contributed by atoms with Crippen LogP contribution in [0.1, 0.15) is 174 Å². The standard InChI is InChI=1S/C26H34N5O7P.C23H31N4O8P.C16H20N4O.C15H32N3OP.C7H12O5.V/c1-5-6-11-23-30-24-25(21-9-7-8-10-22(21)29-26(24)27)31(23)13-15-36-39(35-14-12-28-4)37-17-20(38-19(3)33)16-34-18(2)32;1-4-5-10-20-26-21-22(18-8-6-7-9-19(18)25-23(21)24)27(20)11-12-33-36(30,31)34-14-17(35-16(3)29)13-32-15(2)28;1-2-3-8-13-19-14-15(20(13)9-10-21)11-6-4-5-7-12(11)18-16(14)17;1-12(2)17(13(3)4)20(19-11-10-16-9)18(14(5)6)15(7)8;1-5(9)11-4-7(3-8)12-6(2)10;/h7-10,20H,5-6,11-17H2,1-3H3,(H2,27,29);6-9,17H,4-5,10-14H2,1-3H3,(H2,24,25)(H,30,31);4-7,21H,2-3,8-10H2,1H3,(H2,17,18);12-15H,10-11H2,1-8H3;7-8H,3-4H2,1-2H3;/t20-,39?;17-;;;7-;/m11..0./s1. The molecule has 0 aliphatic rings. The molecule has 9 N–H and O–H groups in total. The fourth-order valence-corrected chi connectivity index (χ4v) is 17.3. The van der Waals surface area contributed by atoms with Gasteiger partial charge in [0.25, 0.3) is 0 Å². The Balaban J connectivity index is 0.000000355. The number of imidazole rings is 3. The number of para-hydroxylation sites is 3. The van der Waals surface area contributed by atoms with Crippen LogP contribution in [-0.2, 0) is 146 Å². The Morgan fingerprint density at radius 1 is 0.450 bits per heavy atom. The molecule has 3 aromatic carbocycles. The summed E-state index contributed by atoms with van der Waals surface area (Å²) in [6.45, 7) is 46.3. The van der Waals surface area contributed by atoms with Gasteiger partial charge in [0, 0.05) is 139 Å². The van der Waals surface area contributed by atoms with E-state index < -0.39 is 85.6 Å². The minimum atomic E-state index is -4.51. The number of carbonyl (C=O) groups is 6. The van der Waals surface area contributed by atoms with Crippen LogP contribution in [0.5, 0.6) is 0 Å². The van der Waals surface area contributed by atoms with Crippen LogP contribution in [0.4, 0.5) is 17.5 Å². The van der Waals surface area contributed by atoms with Crippen LogP contribution in [0, 0.1) is 13.1 Å². The van der Waals surface area contributed by atoms with E-state index >= 15 is 0 Å². The van der Waals surface area contributed by atoms with Crippen LogP contribution in [0.3, 0.4) is 0 Å². The maximum Gasteiger partial charge on any atom is 0.472 e. The Morgan fingerprint density at radius 3 is 1.12 bits per heavy atom. The van der Waals surface area contributed by atoms with Crippen molar-refractivity contribution in [1.82, 2.24) is 52.9 Å². The molecule has 0 saturated heterocycles. The van der Waals surface area contributed by atoms with Crippen LogP contribution in [0.15, 0.2) is 72.8 Å². The smallest absolute Gasteiger partial charge is 0.462 e. The summed E-state index contributed by atoms with van der Waals surface area (Å²) >= 11 is 0. The number of esters is 6. The molecule has 42 heteroatoms. The van der Waals surface area contributed by atoms with Crippen molar-refractivity contribution in [2.45, 2.75) is 238 Å². The number of carbonyl (C=O) groups excluding carboxylic acids is 6. The number of aliphatic hydroxyl groups is 2. The second-order valence-electron chi connectivity index (χ2n) is 30.3. The number of fused-ring (bicyclic) bond motifs is 9. The maximum absolute atomic E-state index is 12.5. The number of phosphoric ester groups is 1. The predicted molar refractivity (Wildman–Crippen MR) is 491 cm³/mol. The first-order valence-corrected chi connectivity index (χ1v) is 46.5. The molecule has 1 radical (unpaired) electrons. The number of unbranched alkanes of at least 4 members (excludes halogenated alkanes) is 3. The number of hydrogen-bond donors (Lipinski definition) is 6. The van der Waals surface area contributed by atoms with Crippen LogP contribution in [0.2, 0.25) is 0 Å². The number of aryl methyl sites for hydroxylation is 3. The van der Waals surface area contributed by atoms with E-state index in [4.69, 9.17) is 91.5 Å². The van der Waals surface area contributed by atoms with E-state index in [0.29, 0.717) is 90.8 Å². The molecule has 0 spiro atoms. The number of pyridine rings is 3. The van der Waals surface area contributed by atoms with Gasteiger partial charge in [0.2, 0.25) is 13.1 Å². The molecule has 709 valence electrons. The van der Waals surface area contributed by atoms with Gasteiger partial charge in [-0.25, -0.2) is 57.0 Å². The number of anilines is 3. The Labute approximate surface area is 769 Å². The van der Waals surface area contributed by atoms with Crippen LogP contribution < -0.4 is 17.2 Å². The average Bonchev–Trinajstić information content (AvgIpc) is 1.63. The summed E-state index contributed by atoms with van der Waals surface area (Å²) in [5.41, 5.74) is 25.5. The average molecular weight is 1890 g/mol. The van der Waals surface area contributed by atoms with Crippen LogP contribution in [-0.4, -0.2) is 232 Å². The fourth-order valence-electron chi connectivity index (χ4n) is 13.3. The number of aliphatic hydroxyl groups excluding tert-OH is 2. The number of rotatable bonds is 47. The Bertz CT molecular complexity index is 5130. The summed E-state index contributed by atoms with van der Waals surface area (Å²) in [4.78, 5) is 110. The van der Waals surface area contributed by atoms with E-state index in [9.17, 15) is 43.3 Å². The summed E-state index contributed by atoms with van der Waals surface area (Å²) in [5.74, 6) is 0.491. The summed E-state index contributed by atoms with van der Waals surface area (Å²) in [5, 5.41) is 20.8. The fraction of sp³-hybridized carbons (Fsp3) is 0.563. The Morgan fingerprint density at radius 2 is 0.783 bits per heavy atom. The van der Waals surface area contributed by atoms with E-state index in [-0.39, 0.29) is 91.1 Å². The molecule has 5 atom stereocenters. The minimum absolute atomic E-state index is 0. The van der Waals surface area contributed by atoms with Gasteiger partial charge in [0.15, 0.2) is 44.2 Å². The second kappa shape index (κ2) is 58.5. The van der Waals surface area contributed by atoms with Crippen molar-refractivity contribution in [3.05, 3.63) is 113 Å². The molecule has 2 unspecified atom stereocenters. The molecule has 38 nitrogen and oxygen atoms in total. The van der Waals surface area contributed by atoms with Gasteiger partial charge in [0.1, 0.15) is 67.1 Å². The topological polar surface area (TPSA) is 476 Å². The maximum atomic E-state index is 12.5. The molecular weight excluding hydrogens is 1760 g/mol. The summed E-state index contributed by atoms with van der Waals surface area (Å²) in [7, 11) is -7.23. The quantitative estimate of drug-likeness (QED) is 0.00678. The molecule has 9 aromatic rings. The zero-order chi connectivity index (χ0) is 94.7. The number of benzene rings is 3. The van der Waals surface area contributed by atoms with Crippen LogP contribution >= 0.6 is 24.9 Å². The number of ether oxygens (including phenoxy) is 6. The molecule has 129 heavy (non-hydrogen) atoms. The number of nitrogens with two attached hydrogens (primary N) is 3. The predicted octanol–water partition coefficient (Wildman–Crippen LogP) is 13.7. The molecule has 0 amide bonds. The number of phosphoric acid groups is 1. The number of hydrogen-bond acceptors (Lipinski definition) is 32. The van der Waals surface area contributed by atoms with Crippen molar-refractivity contribution < 1.29 is 123 Å². The zero-order valence-corrected chi connectivity index (χ0v) is 81.2. The van der Waals surface area contributed by atoms with Crippen molar-refractivity contribution in [3.63, 3.8) is 0 Å². The Kier molecular flexibility index (Phi) is 50.8. The summed E-state index contributed by atoms with van der Waals surface area (Å²) < 4.78 is 86.2. The van der Waals surface area contributed by atoms with E-state index in [1.165, 1.54) is 34.6 Å². The van der Waals surface area contributed by atoms with E-state index in [0.717, 1.165) is 125 Å². The molecule has 6 heterocycles. The van der Waals surface area contributed by atoms with Crippen molar-refractivity contribution in [2.24, 2.45) is 0 Å². The van der Waals surface area contributed by atoms with Crippen molar-refractivity contribution in [1.29, 1.82) is 0 Å². The normalized spacial score (nSPS) is 12.7. The summed E-state index contributed by atoms with van der Waals surface area (Å²) in [6.07, 6.45) is 5.71. The van der Waals surface area contributed by atoms with Crippen molar-refractivity contribution >= 4 is 144 Å². The third-order valence-corrected chi connectivity index (χ3v) is 23.6. The first-order chi connectivity index (χ1) is 61.0. The molecule has 0 saturated carbocycles. The van der Waals surface area contributed by atoms with E-state index in [1.54, 1.807) is 0 Å². The van der Waals surface area contributed by atoms with E-state index in [2.05, 4.69) is 134 Å². The van der Waals surface area contributed by atoms with E-state index in [1.807, 2.05) is 77.4 Å². The Hall–Kier alpha value is -9.27. The molecule has 9 rings (SSSR count). The SMILES string of the molecule is CC(=O)OC[C@H](CO)OC(C)=O.CCCCc1nc2c(N)nc3ccccc3c2n1CCO.CCCCc1nc2c(N)nc3ccccc3c2n1CCOP(=O)(O)OC[C@@H](COC(C)=O)OC(C)=O.[C-]#[N+]CCOP(N(C(C)C)C(C)C)N(C(C)C)C(C)C.[C-]#[N+]CCOP(OCCn1c(CCCC)nc2c(N)nc3ccccc3c21)OC[C@@H](COC(C)=O)OC(C)=O.[V]. The molecule has 6 aromatic heterocycles. The van der Waals surface area contributed by atoms with Crippen LogP contribution in [0.25, 0.3) is 75.5 Å². The number of nitrogen functional groups attached to an aromatic ring is 3. The van der Waals surface area contributed by atoms with Gasteiger partial charge in [0.05, 0.1) is 72.7 Å². The van der Waals surface area contributed by atoms with Gasteiger partial charge in [-0.2, -0.15) is 0 Å². The number of nitrogens with zero attached hydrogens (tertiary/aromatic N) is 13. The third-order valence-electron chi connectivity index (χ3n) is 18.5. The van der Waals surface area contributed by atoms with Gasteiger partial charge in [-0.3, -0.25) is 37.8 Å². The molecule has 0 fully saturated rings. The first-order valence-electron chi connectivity index (χ1n) is 42.7. The van der Waals surface area contributed by atoms with Crippen molar-refractivity contribution in [2.75, 3.05) is 103 Å². The van der Waals surface area contributed by atoms with Gasteiger partial charge in [-0.15, -0.1) is 0 Å². The van der Waals surface area contributed by atoms with Gasteiger partial charge in [-0.1, -0.05) is 94.6 Å². The molecule has 0 aliphatic carbocycles. The largest absolute Gasteiger partial charge is 0.472 e. The molecule has 0 bridgehead atoms. The van der Waals surface area contributed by atoms with Crippen molar-refractivity contribution in [3.8, 4) is 0 Å². The van der Waals surface area contributed by atoms with Gasteiger partial charge >= 0.3 is 52.2 Å². The molecular formula is C87H129N16O22P3V. The minimum Gasteiger partial charge on any atom is -0.462 e. The number of aromatic nitrogens is 9. The second-order valence-corrected chi connectivity index (χ2v) is 34.6. The summed E-state index contributed by atoms with van der Waals surface area (Å²) in [6, 6.07) is 24.9. The van der Waals surface area contributed by atoms with Gasteiger partial charge < -0.3 is 102 Å². The third kappa shape index (κ3) is 36.8. The monoisotopic (exact) mass is 1890 g/mol. The van der Waals surface area contributed by atoms with Gasteiger partial charge in [-0.05, 0) is 92.9 Å². The first kappa shape index (κ1) is 112.